The number of thiazole rings is 1. The van der Waals surface area contributed by atoms with Crippen LogP contribution in [-0.4, -0.2) is 18.1 Å². The maximum atomic E-state index is 6.07. The Labute approximate surface area is 114 Å². The van der Waals surface area contributed by atoms with E-state index in [0.29, 0.717) is 0 Å². The third-order valence-corrected chi connectivity index (χ3v) is 4.85. The van der Waals surface area contributed by atoms with E-state index in [1.165, 1.54) is 41.4 Å². The van der Waals surface area contributed by atoms with Gasteiger partial charge in [0.15, 0.2) is 5.13 Å². The molecule has 0 bridgehead atoms. The third kappa shape index (κ3) is 3.23. The molecule has 1 aromatic rings. The SMILES string of the molecule is CCCc1nc(N2CCCCCC2)sc1C(C)N. The number of anilines is 1. The summed E-state index contributed by atoms with van der Waals surface area (Å²) < 4.78 is 0. The minimum Gasteiger partial charge on any atom is -0.348 e. The van der Waals surface area contributed by atoms with Crippen LogP contribution in [-0.2, 0) is 6.42 Å². The lowest BCUT2D eigenvalue weighted by molar-refractivity contribution is 0.726. The van der Waals surface area contributed by atoms with Crippen molar-refractivity contribution in [1.29, 1.82) is 0 Å². The molecule has 1 atom stereocenters. The molecule has 4 heteroatoms. The summed E-state index contributed by atoms with van der Waals surface area (Å²) in [4.78, 5) is 8.60. The highest BCUT2D eigenvalue weighted by Gasteiger charge is 2.18. The first-order valence-corrected chi connectivity index (χ1v) is 8.04. The van der Waals surface area contributed by atoms with Crippen LogP contribution in [0.15, 0.2) is 0 Å². The van der Waals surface area contributed by atoms with Crippen molar-refractivity contribution in [1.82, 2.24) is 4.98 Å². The van der Waals surface area contributed by atoms with Crippen molar-refractivity contribution < 1.29 is 0 Å². The normalized spacial score (nSPS) is 18.7. The summed E-state index contributed by atoms with van der Waals surface area (Å²) in [6, 6.07) is 0.116. The maximum absolute atomic E-state index is 6.07. The van der Waals surface area contributed by atoms with Gasteiger partial charge >= 0.3 is 0 Å². The second-order valence-corrected chi connectivity index (χ2v) is 6.26. The van der Waals surface area contributed by atoms with Crippen molar-refractivity contribution in [2.75, 3.05) is 18.0 Å². The lowest BCUT2D eigenvalue weighted by Crippen LogP contribution is -2.23. The summed E-state index contributed by atoms with van der Waals surface area (Å²) in [5, 5.41) is 1.20. The van der Waals surface area contributed by atoms with Gasteiger partial charge < -0.3 is 10.6 Å². The molecule has 0 amide bonds. The minimum absolute atomic E-state index is 0.116. The highest BCUT2D eigenvalue weighted by Crippen LogP contribution is 2.32. The number of aryl methyl sites for hydroxylation is 1. The van der Waals surface area contributed by atoms with Gasteiger partial charge in [-0.25, -0.2) is 4.98 Å². The van der Waals surface area contributed by atoms with Crippen LogP contribution < -0.4 is 10.6 Å². The number of nitrogens with two attached hydrogens (primary N) is 1. The van der Waals surface area contributed by atoms with Crippen molar-refractivity contribution in [2.45, 2.75) is 58.4 Å². The molecule has 0 radical (unpaired) electrons. The van der Waals surface area contributed by atoms with Crippen LogP contribution >= 0.6 is 11.3 Å². The van der Waals surface area contributed by atoms with E-state index in [1.54, 1.807) is 0 Å². The van der Waals surface area contributed by atoms with Gasteiger partial charge in [-0.2, -0.15) is 0 Å². The fourth-order valence-corrected chi connectivity index (χ4v) is 3.64. The molecule has 1 fully saturated rings. The summed E-state index contributed by atoms with van der Waals surface area (Å²) in [5.74, 6) is 0. The Kier molecular flexibility index (Phi) is 5.01. The number of rotatable bonds is 4. The predicted molar refractivity (Wildman–Crippen MR) is 79.4 cm³/mol. The van der Waals surface area contributed by atoms with E-state index in [2.05, 4.69) is 18.7 Å². The zero-order valence-electron chi connectivity index (χ0n) is 11.6. The summed E-state index contributed by atoms with van der Waals surface area (Å²) in [7, 11) is 0. The molecule has 0 aliphatic carbocycles. The molecule has 2 heterocycles. The zero-order chi connectivity index (χ0) is 13.0. The van der Waals surface area contributed by atoms with Gasteiger partial charge in [-0.3, -0.25) is 0 Å². The van der Waals surface area contributed by atoms with Gasteiger partial charge in [0, 0.05) is 24.0 Å². The molecular weight excluding hydrogens is 242 g/mol. The van der Waals surface area contributed by atoms with E-state index < -0.39 is 0 Å². The first kappa shape index (κ1) is 13.8. The molecule has 1 saturated heterocycles. The Bertz CT molecular complexity index is 365. The highest BCUT2D eigenvalue weighted by molar-refractivity contribution is 7.15. The van der Waals surface area contributed by atoms with E-state index >= 15 is 0 Å². The maximum Gasteiger partial charge on any atom is 0.185 e. The Morgan fingerprint density at radius 1 is 1.28 bits per heavy atom. The molecule has 2 rings (SSSR count). The second kappa shape index (κ2) is 6.53. The van der Waals surface area contributed by atoms with Crippen LogP contribution in [0.4, 0.5) is 5.13 Å². The van der Waals surface area contributed by atoms with Gasteiger partial charge in [0.1, 0.15) is 0 Å². The van der Waals surface area contributed by atoms with Crippen LogP contribution in [0.1, 0.15) is 62.6 Å². The molecule has 1 aliphatic heterocycles. The Hall–Kier alpha value is -0.610. The van der Waals surface area contributed by atoms with Gasteiger partial charge in [0.05, 0.1) is 5.69 Å². The zero-order valence-corrected chi connectivity index (χ0v) is 12.4. The van der Waals surface area contributed by atoms with Gasteiger partial charge in [0.2, 0.25) is 0 Å². The highest BCUT2D eigenvalue weighted by atomic mass is 32.1. The van der Waals surface area contributed by atoms with Crippen LogP contribution in [0.5, 0.6) is 0 Å². The van der Waals surface area contributed by atoms with Crippen LogP contribution in [0.2, 0.25) is 0 Å². The molecular formula is C14H25N3S. The Morgan fingerprint density at radius 2 is 1.94 bits per heavy atom. The molecule has 1 unspecified atom stereocenters. The molecule has 0 spiro atoms. The quantitative estimate of drug-likeness (QED) is 0.908. The minimum atomic E-state index is 0.116. The molecule has 18 heavy (non-hydrogen) atoms. The lowest BCUT2D eigenvalue weighted by Gasteiger charge is -2.18. The second-order valence-electron chi connectivity index (χ2n) is 5.25. The van der Waals surface area contributed by atoms with E-state index in [4.69, 9.17) is 10.7 Å². The van der Waals surface area contributed by atoms with Crippen LogP contribution in [0.25, 0.3) is 0 Å². The summed E-state index contributed by atoms with van der Waals surface area (Å²) in [5.41, 5.74) is 7.30. The smallest absolute Gasteiger partial charge is 0.185 e. The number of nitrogens with zero attached hydrogens (tertiary/aromatic N) is 2. The van der Waals surface area contributed by atoms with Crippen molar-refractivity contribution in [2.24, 2.45) is 5.73 Å². The molecule has 0 saturated carbocycles. The van der Waals surface area contributed by atoms with Crippen molar-refractivity contribution >= 4 is 16.5 Å². The average Bonchev–Trinajstić information content (AvgIpc) is 2.59. The molecule has 1 aromatic heterocycles. The van der Waals surface area contributed by atoms with E-state index in [1.807, 2.05) is 11.3 Å². The van der Waals surface area contributed by atoms with Crippen molar-refractivity contribution in [3.8, 4) is 0 Å². The number of hydrogen-bond donors (Lipinski definition) is 1. The Morgan fingerprint density at radius 3 is 2.50 bits per heavy atom. The molecule has 0 aromatic carbocycles. The summed E-state index contributed by atoms with van der Waals surface area (Å²) in [6.45, 7) is 6.60. The lowest BCUT2D eigenvalue weighted by atomic mass is 10.2. The van der Waals surface area contributed by atoms with E-state index in [-0.39, 0.29) is 6.04 Å². The third-order valence-electron chi connectivity index (χ3n) is 3.49. The Balaban J connectivity index is 2.18. The average molecular weight is 267 g/mol. The number of hydrogen-bond acceptors (Lipinski definition) is 4. The molecule has 2 N–H and O–H groups in total. The van der Waals surface area contributed by atoms with E-state index in [9.17, 15) is 0 Å². The van der Waals surface area contributed by atoms with Crippen molar-refractivity contribution in [3.05, 3.63) is 10.6 Å². The fourth-order valence-electron chi connectivity index (χ4n) is 2.52. The fraction of sp³-hybridized carbons (Fsp3) is 0.786. The van der Waals surface area contributed by atoms with Gasteiger partial charge in [-0.05, 0) is 26.2 Å². The summed E-state index contributed by atoms with van der Waals surface area (Å²) in [6.07, 6.45) is 7.53. The topological polar surface area (TPSA) is 42.2 Å². The first-order valence-electron chi connectivity index (χ1n) is 7.22. The van der Waals surface area contributed by atoms with E-state index in [0.717, 1.165) is 25.9 Å². The van der Waals surface area contributed by atoms with Crippen LogP contribution in [0.3, 0.4) is 0 Å². The molecule has 102 valence electrons. The number of aromatic nitrogens is 1. The van der Waals surface area contributed by atoms with Crippen LogP contribution in [0, 0.1) is 0 Å². The van der Waals surface area contributed by atoms with Gasteiger partial charge in [0.25, 0.3) is 0 Å². The van der Waals surface area contributed by atoms with Gasteiger partial charge in [-0.15, -0.1) is 11.3 Å². The first-order chi connectivity index (χ1) is 8.72. The molecule has 1 aliphatic rings. The molecule has 3 nitrogen and oxygen atoms in total. The largest absolute Gasteiger partial charge is 0.348 e. The standard InChI is InChI=1S/C14H25N3S/c1-3-8-12-13(11(2)15)18-14(16-12)17-9-6-4-5-7-10-17/h11H,3-10,15H2,1-2H3. The van der Waals surface area contributed by atoms with Crippen molar-refractivity contribution in [3.63, 3.8) is 0 Å². The van der Waals surface area contributed by atoms with Gasteiger partial charge in [-0.1, -0.05) is 26.2 Å². The monoisotopic (exact) mass is 267 g/mol. The predicted octanol–water partition coefficient (Wildman–Crippen LogP) is 3.50. The summed E-state index contributed by atoms with van der Waals surface area (Å²) >= 11 is 1.81.